The molecule has 3 aromatic rings. The van der Waals surface area contributed by atoms with Gasteiger partial charge in [-0.25, -0.2) is 0 Å². The summed E-state index contributed by atoms with van der Waals surface area (Å²) in [5.74, 6) is 1.63. The van der Waals surface area contributed by atoms with Crippen molar-refractivity contribution in [1.29, 1.82) is 0 Å². The molecule has 1 N–H and O–H groups in total. The minimum Gasteiger partial charge on any atom is -0.457 e. The second-order valence-corrected chi connectivity index (χ2v) is 5.11. The van der Waals surface area contributed by atoms with Gasteiger partial charge in [0.15, 0.2) is 0 Å². The van der Waals surface area contributed by atoms with E-state index in [4.69, 9.17) is 4.74 Å². The Morgan fingerprint density at radius 3 is 2.26 bits per heavy atom. The number of hydrogen-bond acceptors (Lipinski definition) is 2. The van der Waals surface area contributed by atoms with E-state index in [0.29, 0.717) is 13.0 Å². The molecule has 0 atom stereocenters. The maximum absolute atomic E-state index is 10.4. The first kappa shape index (κ1) is 14.9. The fraction of sp³-hybridized carbons (Fsp3) is 0.0500. The van der Waals surface area contributed by atoms with Crippen LogP contribution in [0.1, 0.15) is 5.56 Å². The lowest BCUT2D eigenvalue weighted by molar-refractivity contribution is -0.109. The molecule has 0 saturated carbocycles. The molecule has 23 heavy (non-hydrogen) atoms. The molecule has 1 amide bonds. The molecule has 3 nitrogen and oxygen atoms in total. The van der Waals surface area contributed by atoms with Gasteiger partial charge in [0.2, 0.25) is 6.41 Å². The maximum atomic E-state index is 10.4. The SMILES string of the molecule is O=CNCc1ccc(-c2ccccc2Oc2ccccc2)cc1. The number of nitrogens with one attached hydrogen (secondary N) is 1. The van der Waals surface area contributed by atoms with Crippen LogP contribution in [0.2, 0.25) is 0 Å². The van der Waals surface area contributed by atoms with Crippen LogP contribution in [-0.2, 0) is 11.3 Å². The van der Waals surface area contributed by atoms with E-state index in [1.165, 1.54) is 0 Å². The Morgan fingerprint density at radius 1 is 0.826 bits per heavy atom. The van der Waals surface area contributed by atoms with E-state index in [-0.39, 0.29) is 0 Å². The standard InChI is InChI=1S/C20H17NO2/c22-15-21-14-16-10-12-17(13-11-16)19-8-4-5-9-20(19)23-18-6-2-1-3-7-18/h1-13,15H,14H2,(H,21,22). The molecule has 0 fully saturated rings. The number of hydrogen-bond donors (Lipinski definition) is 1. The largest absolute Gasteiger partial charge is 0.457 e. The maximum Gasteiger partial charge on any atom is 0.207 e. The minimum atomic E-state index is 0.534. The van der Waals surface area contributed by atoms with Gasteiger partial charge in [-0.05, 0) is 29.3 Å². The summed E-state index contributed by atoms with van der Waals surface area (Å²) in [6.07, 6.45) is 0.705. The molecule has 0 bridgehead atoms. The molecule has 0 saturated heterocycles. The highest BCUT2D eigenvalue weighted by atomic mass is 16.5. The number of amides is 1. The molecule has 0 unspecified atom stereocenters. The van der Waals surface area contributed by atoms with Crippen molar-refractivity contribution in [2.75, 3.05) is 0 Å². The Bertz CT molecular complexity index is 767. The zero-order valence-electron chi connectivity index (χ0n) is 12.6. The summed E-state index contributed by atoms with van der Waals surface area (Å²) < 4.78 is 6.00. The Hall–Kier alpha value is -3.07. The van der Waals surface area contributed by atoms with Crippen LogP contribution >= 0.6 is 0 Å². The fourth-order valence-corrected chi connectivity index (χ4v) is 2.37. The number of ether oxygens (including phenoxy) is 1. The van der Waals surface area contributed by atoms with E-state index in [2.05, 4.69) is 5.32 Å². The molecule has 3 aromatic carbocycles. The van der Waals surface area contributed by atoms with E-state index in [1.807, 2.05) is 78.9 Å². The summed E-state index contributed by atoms with van der Waals surface area (Å²) in [5, 5.41) is 2.66. The molecule has 0 aliphatic heterocycles. The lowest BCUT2D eigenvalue weighted by Gasteiger charge is -2.12. The predicted octanol–water partition coefficient (Wildman–Crippen LogP) is 4.39. The van der Waals surface area contributed by atoms with Crippen LogP contribution in [0.4, 0.5) is 0 Å². The smallest absolute Gasteiger partial charge is 0.207 e. The molecule has 3 rings (SSSR count). The molecule has 114 valence electrons. The van der Waals surface area contributed by atoms with Gasteiger partial charge in [-0.1, -0.05) is 60.7 Å². The summed E-state index contributed by atoms with van der Waals surface area (Å²) in [4.78, 5) is 10.4. The van der Waals surface area contributed by atoms with Crippen molar-refractivity contribution in [3.8, 4) is 22.6 Å². The zero-order chi connectivity index (χ0) is 15.9. The molecule has 0 spiro atoms. The first-order valence-corrected chi connectivity index (χ1v) is 7.45. The third-order valence-corrected chi connectivity index (χ3v) is 3.51. The van der Waals surface area contributed by atoms with Crippen LogP contribution in [0.3, 0.4) is 0 Å². The molecular weight excluding hydrogens is 286 g/mol. The van der Waals surface area contributed by atoms with Crippen LogP contribution in [-0.4, -0.2) is 6.41 Å². The molecule has 0 aliphatic rings. The molecule has 0 aromatic heterocycles. The van der Waals surface area contributed by atoms with Crippen molar-refractivity contribution in [1.82, 2.24) is 5.32 Å². The van der Waals surface area contributed by atoms with Gasteiger partial charge in [0.25, 0.3) is 0 Å². The highest BCUT2D eigenvalue weighted by molar-refractivity contribution is 5.71. The summed E-state index contributed by atoms with van der Waals surface area (Å²) >= 11 is 0. The van der Waals surface area contributed by atoms with Gasteiger partial charge in [-0.2, -0.15) is 0 Å². The van der Waals surface area contributed by atoms with Crippen molar-refractivity contribution in [3.05, 3.63) is 84.4 Å². The van der Waals surface area contributed by atoms with Crippen molar-refractivity contribution in [2.45, 2.75) is 6.54 Å². The second kappa shape index (κ2) is 7.27. The van der Waals surface area contributed by atoms with Crippen molar-refractivity contribution < 1.29 is 9.53 Å². The van der Waals surface area contributed by atoms with Crippen molar-refractivity contribution in [3.63, 3.8) is 0 Å². The number of para-hydroxylation sites is 2. The average molecular weight is 303 g/mol. The van der Waals surface area contributed by atoms with Gasteiger partial charge in [0.1, 0.15) is 11.5 Å². The van der Waals surface area contributed by atoms with Crippen molar-refractivity contribution >= 4 is 6.41 Å². The number of carbonyl (C=O) groups excluding carboxylic acids is 1. The molecule has 0 aliphatic carbocycles. The topological polar surface area (TPSA) is 38.3 Å². The van der Waals surface area contributed by atoms with Gasteiger partial charge in [-0.3, -0.25) is 4.79 Å². The third kappa shape index (κ3) is 3.77. The quantitative estimate of drug-likeness (QED) is 0.686. The lowest BCUT2D eigenvalue weighted by atomic mass is 10.0. The average Bonchev–Trinajstić information content (AvgIpc) is 2.62. The Kier molecular flexibility index (Phi) is 4.69. The van der Waals surface area contributed by atoms with Gasteiger partial charge >= 0.3 is 0 Å². The molecule has 0 radical (unpaired) electrons. The summed E-state index contributed by atoms with van der Waals surface area (Å²) in [5.41, 5.74) is 3.17. The normalized spacial score (nSPS) is 10.1. The van der Waals surface area contributed by atoms with E-state index in [1.54, 1.807) is 0 Å². The fourth-order valence-electron chi connectivity index (χ4n) is 2.37. The Morgan fingerprint density at radius 2 is 1.52 bits per heavy atom. The summed E-state index contributed by atoms with van der Waals surface area (Å²) in [7, 11) is 0. The first-order valence-electron chi connectivity index (χ1n) is 7.45. The van der Waals surface area contributed by atoms with Gasteiger partial charge in [0.05, 0.1) is 0 Å². The number of benzene rings is 3. The Balaban J connectivity index is 1.86. The Labute approximate surface area is 135 Å². The van der Waals surface area contributed by atoms with E-state index < -0.39 is 0 Å². The van der Waals surface area contributed by atoms with E-state index in [0.717, 1.165) is 28.2 Å². The van der Waals surface area contributed by atoms with Gasteiger partial charge < -0.3 is 10.1 Å². The van der Waals surface area contributed by atoms with Crippen LogP contribution < -0.4 is 10.1 Å². The molecular formula is C20H17NO2. The summed E-state index contributed by atoms with van der Waals surface area (Å²) in [6, 6.07) is 25.8. The number of rotatable bonds is 6. The van der Waals surface area contributed by atoms with Crippen LogP contribution in [0.5, 0.6) is 11.5 Å². The lowest BCUT2D eigenvalue weighted by Crippen LogP contribution is -2.09. The third-order valence-electron chi connectivity index (χ3n) is 3.51. The van der Waals surface area contributed by atoms with Crippen LogP contribution in [0.25, 0.3) is 11.1 Å². The highest BCUT2D eigenvalue weighted by Gasteiger charge is 2.07. The second-order valence-electron chi connectivity index (χ2n) is 5.11. The highest BCUT2D eigenvalue weighted by Crippen LogP contribution is 2.33. The van der Waals surface area contributed by atoms with Gasteiger partial charge in [0, 0.05) is 12.1 Å². The first-order chi connectivity index (χ1) is 11.4. The van der Waals surface area contributed by atoms with Gasteiger partial charge in [-0.15, -0.1) is 0 Å². The van der Waals surface area contributed by atoms with E-state index >= 15 is 0 Å². The van der Waals surface area contributed by atoms with Crippen LogP contribution in [0, 0.1) is 0 Å². The van der Waals surface area contributed by atoms with Crippen LogP contribution in [0.15, 0.2) is 78.9 Å². The monoisotopic (exact) mass is 303 g/mol. The number of carbonyl (C=O) groups is 1. The zero-order valence-corrected chi connectivity index (χ0v) is 12.6. The minimum absolute atomic E-state index is 0.534. The molecule has 3 heteroatoms. The predicted molar refractivity (Wildman–Crippen MR) is 91.3 cm³/mol. The van der Waals surface area contributed by atoms with Crippen molar-refractivity contribution in [2.24, 2.45) is 0 Å². The molecule has 0 heterocycles. The summed E-state index contributed by atoms with van der Waals surface area (Å²) in [6.45, 7) is 0.534. The van der Waals surface area contributed by atoms with E-state index in [9.17, 15) is 4.79 Å².